The SMILES string of the molecule is CN(C)Cc1ccc(C#CC(C)(C)O)cc1COc1cc(-c2cnc(C3CCN(C)CC3)s2)cnc1N. The number of benzene rings is 1. The van der Waals surface area contributed by atoms with E-state index in [0.717, 1.165) is 59.6 Å². The quantitative estimate of drug-likeness (QED) is 0.449. The number of thiazole rings is 1. The van der Waals surface area contributed by atoms with Crippen LogP contribution >= 0.6 is 11.3 Å². The van der Waals surface area contributed by atoms with Gasteiger partial charge in [-0.1, -0.05) is 17.9 Å². The number of hydrogen-bond acceptors (Lipinski definition) is 8. The van der Waals surface area contributed by atoms with E-state index in [-0.39, 0.29) is 0 Å². The van der Waals surface area contributed by atoms with Gasteiger partial charge >= 0.3 is 0 Å². The highest BCUT2D eigenvalue weighted by Gasteiger charge is 2.21. The highest BCUT2D eigenvalue weighted by molar-refractivity contribution is 7.15. The van der Waals surface area contributed by atoms with Gasteiger partial charge in [-0.15, -0.1) is 11.3 Å². The van der Waals surface area contributed by atoms with Gasteiger partial charge in [-0.3, -0.25) is 0 Å². The van der Waals surface area contributed by atoms with E-state index in [2.05, 4.69) is 39.7 Å². The van der Waals surface area contributed by atoms with Gasteiger partial charge in [0, 0.05) is 36.0 Å². The van der Waals surface area contributed by atoms with Crippen LogP contribution < -0.4 is 10.5 Å². The van der Waals surface area contributed by atoms with E-state index in [1.54, 1.807) is 31.4 Å². The Balaban J connectivity index is 1.53. The molecule has 0 unspecified atom stereocenters. The number of nitrogen functional groups attached to an aromatic ring is 1. The summed E-state index contributed by atoms with van der Waals surface area (Å²) in [7, 11) is 6.24. The van der Waals surface area contributed by atoms with Crippen LogP contribution in [-0.4, -0.2) is 64.7 Å². The van der Waals surface area contributed by atoms with Gasteiger partial charge in [0.1, 0.15) is 12.2 Å². The van der Waals surface area contributed by atoms with E-state index in [9.17, 15) is 5.11 Å². The zero-order valence-electron chi connectivity index (χ0n) is 22.4. The van der Waals surface area contributed by atoms with Gasteiger partial charge in [0.15, 0.2) is 11.6 Å². The number of rotatable bonds is 7. The van der Waals surface area contributed by atoms with Crippen LogP contribution in [0.25, 0.3) is 10.4 Å². The highest BCUT2D eigenvalue weighted by Crippen LogP contribution is 2.36. The first kappa shape index (κ1) is 27.1. The minimum atomic E-state index is -1.05. The monoisotopic (exact) mass is 519 g/mol. The lowest BCUT2D eigenvalue weighted by Gasteiger charge is -2.27. The molecule has 37 heavy (non-hydrogen) atoms. The van der Waals surface area contributed by atoms with Gasteiger partial charge < -0.3 is 25.4 Å². The Morgan fingerprint density at radius 2 is 1.92 bits per heavy atom. The molecule has 196 valence electrons. The minimum absolute atomic E-state index is 0.333. The van der Waals surface area contributed by atoms with Crippen molar-refractivity contribution in [1.82, 2.24) is 19.8 Å². The van der Waals surface area contributed by atoms with Crippen molar-refractivity contribution in [2.75, 3.05) is 40.0 Å². The van der Waals surface area contributed by atoms with Gasteiger partial charge in [-0.05, 0) is 90.2 Å². The third-order valence-corrected chi connectivity index (χ3v) is 7.56. The maximum atomic E-state index is 9.98. The lowest BCUT2D eigenvalue weighted by atomic mass is 9.98. The maximum absolute atomic E-state index is 9.98. The van der Waals surface area contributed by atoms with Crippen molar-refractivity contribution < 1.29 is 9.84 Å². The summed E-state index contributed by atoms with van der Waals surface area (Å²) < 4.78 is 6.22. The summed E-state index contributed by atoms with van der Waals surface area (Å²) in [6, 6.07) is 8.01. The van der Waals surface area contributed by atoms with E-state index in [1.807, 2.05) is 38.5 Å². The van der Waals surface area contributed by atoms with Crippen molar-refractivity contribution in [2.24, 2.45) is 0 Å². The number of piperidine rings is 1. The molecule has 0 radical (unpaired) electrons. The van der Waals surface area contributed by atoms with Gasteiger partial charge in [-0.2, -0.15) is 0 Å². The Bertz CT molecular complexity index is 1280. The maximum Gasteiger partial charge on any atom is 0.166 e. The van der Waals surface area contributed by atoms with E-state index in [0.29, 0.717) is 24.1 Å². The van der Waals surface area contributed by atoms with E-state index >= 15 is 0 Å². The zero-order valence-corrected chi connectivity index (χ0v) is 23.2. The van der Waals surface area contributed by atoms with E-state index in [4.69, 9.17) is 15.5 Å². The molecule has 7 nitrogen and oxygen atoms in total. The summed E-state index contributed by atoms with van der Waals surface area (Å²) in [5.74, 6) is 7.37. The molecule has 8 heteroatoms. The van der Waals surface area contributed by atoms with Crippen molar-refractivity contribution >= 4 is 17.2 Å². The van der Waals surface area contributed by atoms with Crippen LogP contribution in [0.1, 0.15) is 54.3 Å². The Morgan fingerprint density at radius 3 is 2.62 bits per heavy atom. The minimum Gasteiger partial charge on any atom is -0.485 e. The number of aromatic nitrogens is 2. The normalized spacial score (nSPS) is 15.0. The topological polar surface area (TPSA) is 87.7 Å². The zero-order chi connectivity index (χ0) is 26.6. The molecular weight excluding hydrogens is 482 g/mol. The molecule has 0 bridgehead atoms. The van der Waals surface area contributed by atoms with Crippen LogP contribution in [0.5, 0.6) is 5.75 Å². The number of anilines is 1. The molecule has 0 atom stereocenters. The fraction of sp³-hybridized carbons (Fsp3) is 0.448. The first-order chi connectivity index (χ1) is 17.6. The number of likely N-dealkylation sites (tertiary alicyclic amines) is 1. The Kier molecular flexibility index (Phi) is 8.50. The molecule has 4 rings (SSSR count). The molecule has 3 N–H and O–H groups in total. The summed E-state index contributed by atoms with van der Waals surface area (Å²) >= 11 is 1.73. The van der Waals surface area contributed by atoms with E-state index in [1.165, 1.54) is 5.01 Å². The Hall–Kier alpha value is -2.96. The fourth-order valence-electron chi connectivity index (χ4n) is 4.28. The first-order valence-electron chi connectivity index (χ1n) is 12.6. The van der Waals surface area contributed by atoms with Gasteiger partial charge in [-0.25, -0.2) is 9.97 Å². The van der Waals surface area contributed by atoms with Crippen molar-refractivity contribution in [2.45, 2.75) is 51.4 Å². The molecule has 3 aromatic rings. The summed E-state index contributed by atoms with van der Waals surface area (Å²) in [5, 5.41) is 11.2. The number of pyridine rings is 1. The number of aliphatic hydroxyl groups is 1. The van der Waals surface area contributed by atoms with Crippen molar-refractivity contribution in [3.63, 3.8) is 0 Å². The number of hydrogen-bond donors (Lipinski definition) is 2. The third kappa shape index (κ3) is 7.53. The standard InChI is InChI=1S/C29H37N5O2S/c1-29(2,35)11-8-20-6-7-22(18-33(3)4)24(14-20)19-36-25-15-23(16-31-27(25)30)26-17-32-28(37-26)21-9-12-34(5)13-10-21/h6-7,14-17,21,35H,9-10,12-13,18-19H2,1-5H3,(H2,30,31). The molecule has 1 fully saturated rings. The lowest BCUT2D eigenvalue weighted by molar-refractivity contribution is 0.143. The van der Waals surface area contributed by atoms with Gasteiger partial charge in [0.2, 0.25) is 0 Å². The van der Waals surface area contributed by atoms with Gasteiger partial charge in [0.05, 0.1) is 9.88 Å². The Morgan fingerprint density at radius 1 is 1.16 bits per heavy atom. The molecule has 0 saturated carbocycles. The smallest absolute Gasteiger partial charge is 0.166 e. The van der Waals surface area contributed by atoms with Crippen LogP contribution in [-0.2, 0) is 13.2 Å². The molecule has 0 spiro atoms. The second kappa shape index (κ2) is 11.6. The summed E-state index contributed by atoms with van der Waals surface area (Å²) in [6.45, 7) is 6.68. The first-order valence-corrected chi connectivity index (χ1v) is 13.4. The molecule has 3 heterocycles. The number of nitrogens with zero attached hydrogens (tertiary/aromatic N) is 4. The molecule has 1 aliphatic heterocycles. The third-order valence-electron chi connectivity index (χ3n) is 6.35. The predicted octanol–water partition coefficient (Wildman–Crippen LogP) is 4.36. The molecule has 0 amide bonds. The Labute approximate surface area is 224 Å². The molecule has 1 aliphatic rings. The summed E-state index contributed by atoms with van der Waals surface area (Å²) in [6.07, 6.45) is 6.02. The molecular formula is C29H37N5O2S. The predicted molar refractivity (Wildman–Crippen MR) is 151 cm³/mol. The highest BCUT2D eigenvalue weighted by atomic mass is 32.1. The van der Waals surface area contributed by atoms with Crippen LogP contribution in [0, 0.1) is 11.8 Å². The van der Waals surface area contributed by atoms with Crippen molar-refractivity contribution in [3.8, 4) is 28.0 Å². The second-order valence-electron chi connectivity index (χ2n) is 10.6. The largest absolute Gasteiger partial charge is 0.485 e. The number of ether oxygens (including phenoxy) is 1. The summed E-state index contributed by atoms with van der Waals surface area (Å²) in [4.78, 5) is 14.7. The fourth-order valence-corrected chi connectivity index (χ4v) is 5.35. The second-order valence-corrected chi connectivity index (χ2v) is 11.6. The van der Waals surface area contributed by atoms with Crippen LogP contribution in [0.4, 0.5) is 5.82 Å². The van der Waals surface area contributed by atoms with Crippen molar-refractivity contribution in [1.29, 1.82) is 0 Å². The summed E-state index contributed by atoms with van der Waals surface area (Å²) in [5.41, 5.74) is 9.10. The average Bonchev–Trinajstić information content (AvgIpc) is 3.33. The lowest BCUT2D eigenvalue weighted by Crippen LogP contribution is -2.29. The molecule has 2 aromatic heterocycles. The van der Waals surface area contributed by atoms with Crippen LogP contribution in [0.3, 0.4) is 0 Å². The van der Waals surface area contributed by atoms with Crippen molar-refractivity contribution in [3.05, 3.63) is 58.4 Å². The van der Waals surface area contributed by atoms with Crippen LogP contribution in [0.15, 0.2) is 36.7 Å². The van der Waals surface area contributed by atoms with E-state index < -0.39 is 5.60 Å². The molecule has 1 aromatic carbocycles. The number of nitrogens with two attached hydrogens (primary N) is 1. The average molecular weight is 520 g/mol. The van der Waals surface area contributed by atoms with Gasteiger partial charge in [0.25, 0.3) is 0 Å². The van der Waals surface area contributed by atoms with Crippen LogP contribution in [0.2, 0.25) is 0 Å². The molecule has 0 aliphatic carbocycles. The molecule has 1 saturated heterocycles.